The van der Waals surface area contributed by atoms with Gasteiger partial charge in [-0.3, -0.25) is 4.65 Å². The molecule has 2 rings (SSSR count). The van der Waals surface area contributed by atoms with Crippen molar-refractivity contribution in [1.82, 2.24) is 0 Å². The summed E-state index contributed by atoms with van der Waals surface area (Å²) in [4.78, 5) is 11.9. The van der Waals surface area contributed by atoms with Crippen molar-refractivity contribution in [3.63, 3.8) is 0 Å². The van der Waals surface area contributed by atoms with Gasteiger partial charge in [0.25, 0.3) is 0 Å². The standard InChI is InChI=1S/C14H14F3NO2S/c15-14(16,17)12-4-1-11(2-5-12)3-6-13(19)18(20)7-9-21-10-8-18/h1-6H,7-10H2/b6-3+. The summed E-state index contributed by atoms with van der Waals surface area (Å²) in [6, 6.07) is 4.44. The Morgan fingerprint density at radius 3 is 2.29 bits per heavy atom. The zero-order valence-corrected chi connectivity index (χ0v) is 11.9. The number of carbonyl (C=O) groups excluding carboxylic acids is 1. The molecule has 3 nitrogen and oxygen atoms in total. The van der Waals surface area contributed by atoms with Crippen LogP contribution in [-0.2, 0) is 11.0 Å². The Labute approximate surface area is 124 Å². The molecule has 7 heteroatoms. The van der Waals surface area contributed by atoms with E-state index in [0.717, 1.165) is 18.2 Å². The van der Waals surface area contributed by atoms with Gasteiger partial charge in [0.05, 0.1) is 18.7 Å². The molecule has 1 aromatic carbocycles. The highest BCUT2D eigenvalue weighted by Crippen LogP contribution is 2.29. The molecule has 1 aromatic rings. The minimum absolute atomic E-state index is 0.237. The van der Waals surface area contributed by atoms with E-state index < -0.39 is 22.3 Å². The van der Waals surface area contributed by atoms with Gasteiger partial charge in [0, 0.05) is 17.6 Å². The van der Waals surface area contributed by atoms with Crippen LogP contribution in [0.3, 0.4) is 0 Å². The Bertz CT molecular complexity index is 534. The summed E-state index contributed by atoms with van der Waals surface area (Å²) in [7, 11) is 0. The number of quaternary nitrogens is 1. The Hall–Kier alpha value is -1.31. The van der Waals surface area contributed by atoms with Gasteiger partial charge in [0.1, 0.15) is 0 Å². The van der Waals surface area contributed by atoms with Gasteiger partial charge in [-0.1, -0.05) is 12.1 Å². The number of hydroxylamine groups is 3. The van der Waals surface area contributed by atoms with Crippen molar-refractivity contribution in [3.05, 3.63) is 46.7 Å². The van der Waals surface area contributed by atoms with Crippen LogP contribution in [0.25, 0.3) is 6.08 Å². The lowest BCUT2D eigenvalue weighted by atomic mass is 10.1. The molecule has 0 spiro atoms. The predicted octanol–water partition coefficient (Wildman–Crippen LogP) is 3.31. The summed E-state index contributed by atoms with van der Waals surface area (Å²) in [6.07, 6.45) is -1.85. The summed E-state index contributed by atoms with van der Waals surface area (Å²) in [6.45, 7) is 0.474. The largest absolute Gasteiger partial charge is 0.625 e. The molecule has 1 amide bonds. The van der Waals surface area contributed by atoms with Crippen molar-refractivity contribution in [2.24, 2.45) is 0 Å². The number of alkyl halides is 3. The first-order valence-corrected chi connectivity index (χ1v) is 7.52. The predicted molar refractivity (Wildman–Crippen MR) is 76.2 cm³/mol. The van der Waals surface area contributed by atoms with Gasteiger partial charge in [0.2, 0.25) is 0 Å². The molecule has 0 unspecified atom stereocenters. The number of rotatable bonds is 2. The van der Waals surface area contributed by atoms with Gasteiger partial charge in [-0.15, -0.1) is 0 Å². The van der Waals surface area contributed by atoms with E-state index in [9.17, 15) is 23.2 Å². The molecule has 0 radical (unpaired) electrons. The molecular formula is C14H14F3NO2S. The van der Waals surface area contributed by atoms with Gasteiger partial charge in [-0.05, 0) is 23.8 Å². The van der Waals surface area contributed by atoms with E-state index in [1.165, 1.54) is 18.2 Å². The molecule has 0 aromatic heterocycles. The van der Waals surface area contributed by atoms with Crippen molar-refractivity contribution in [1.29, 1.82) is 0 Å². The van der Waals surface area contributed by atoms with Crippen LogP contribution in [0.4, 0.5) is 13.2 Å². The molecule has 1 aliphatic heterocycles. The number of hydrogen-bond acceptors (Lipinski definition) is 3. The molecule has 1 fully saturated rings. The quantitative estimate of drug-likeness (QED) is 0.477. The molecule has 21 heavy (non-hydrogen) atoms. The number of halogens is 3. The van der Waals surface area contributed by atoms with E-state index in [1.54, 1.807) is 11.8 Å². The first kappa shape index (κ1) is 16.1. The van der Waals surface area contributed by atoms with Gasteiger partial charge < -0.3 is 5.21 Å². The molecule has 0 aliphatic carbocycles. The Morgan fingerprint density at radius 2 is 1.76 bits per heavy atom. The zero-order valence-electron chi connectivity index (χ0n) is 11.1. The molecule has 1 heterocycles. The van der Waals surface area contributed by atoms with E-state index in [4.69, 9.17) is 0 Å². The summed E-state index contributed by atoms with van der Waals surface area (Å²) in [5.74, 6) is 0.724. The Balaban J connectivity index is 2.05. The lowest BCUT2D eigenvalue weighted by Gasteiger charge is -2.41. The van der Waals surface area contributed by atoms with Crippen LogP contribution in [0.1, 0.15) is 11.1 Å². The SMILES string of the molecule is O=C(/C=C/c1ccc(C(F)(F)F)cc1)[N+]1([O-])CCSCC1. The first-order valence-electron chi connectivity index (χ1n) is 6.37. The summed E-state index contributed by atoms with van der Waals surface area (Å²) in [5, 5.41) is 12.2. The maximum absolute atomic E-state index is 12.4. The molecular weight excluding hydrogens is 303 g/mol. The zero-order chi connectivity index (χ0) is 15.5. The third-order valence-electron chi connectivity index (χ3n) is 3.25. The number of nitrogens with zero attached hydrogens (tertiary/aromatic N) is 1. The van der Waals surface area contributed by atoms with E-state index in [0.29, 0.717) is 17.1 Å². The minimum atomic E-state index is -4.38. The second-order valence-corrected chi connectivity index (χ2v) is 5.96. The normalized spacial score (nSPS) is 18.9. The summed E-state index contributed by atoms with van der Waals surface area (Å²) in [5.41, 5.74) is -0.291. The third kappa shape index (κ3) is 4.09. The van der Waals surface area contributed by atoms with E-state index in [-0.39, 0.29) is 13.1 Å². The van der Waals surface area contributed by atoms with Crippen molar-refractivity contribution < 1.29 is 22.6 Å². The Kier molecular flexibility index (Phi) is 4.75. The van der Waals surface area contributed by atoms with Crippen LogP contribution < -0.4 is 0 Å². The van der Waals surface area contributed by atoms with Crippen molar-refractivity contribution >= 4 is 23.7 Å². The molecule has 1 aliphatic rings. The minimum Gasteiger partial charge on any atom is -0.625 e. The number of amides is 1. The number of thioether (sulfide) groups is 1. The number of benzene rings is 1. The first-order chi connectivity index (χ1) is 9.81. The van der Waals surface area contributed by atoms with Gasteiger partial charge in [0.15, 0.2) is 0 Å². The van der Waals surface area contributed by atoms with Crippen molar-refractivity contribution in [2.45, 2.75) is 6.18 Å². The van der Waals surface area contributed by atoms with Crippen LogP contribution in [0.15, 0.2) is 30.3 Å². The second kappa shape index (κ2) is 6.21. The van der Waals surface area contributed by atoms with E-state index >= 15 is 0 Å². The average molecular weight is 317 g/mol. The maximum atomic E-state index is 12.4. The smallest absolute Gasteiger partial charge is 0.416 e. The highest BCUT2D eigenvalue weighted by Gasteiger charge is 2.30. The van der Waals surface area contributed by atoms with Gasteiger partial charge >= 0.3 is 12.1 Å². The average Bonchev–Trinajstić information content (AvgIpc) is 2.45. The van der Waals surface area contributed by atoms with Crippen LogP contribution in [-0.4, -0.2) is 35.1 Å². The lowest BCUT2D eigenvalue weighted by Crippen LogP contribution is -2.51. The monoisotopic (exact) mass is 317 g/mol. The number of hydrogen-bond donors (Lipinski definition) is 0. The third-order valence-corrected chi connectivity index (χ3v) is 4.19. The van der Waals surface area contributed by atoms with E-state index in [1.807, 2.05) is 0 Å². The fourth-order valence-corrected chi connectivity index (χ4v) is 3.00. The van der Waals surface area contributed by atoms with Crippen molar-refractivity contribution in [2.75, 3.05) is 24.6 Å². The van der Waals surface area contributed by atoms with Crippen LogP contribution in [0, 0.1) is 5.21 Å². The molecule has 0 N–H and O–H groups in total. The van der Waals surface area contributed by atoms with Crippen LogP contribution >= 0.6 is 11.8 Å². The van der Waals surface area contributed by atoms with Crippen LogP contribution in [0.5, 0.6) is 0 Å². The highest BCUT2D eigenvalue weighted by molar-refractivity contribution is 7.99. The fraction of sp³-hybridized carbons (Fsp3) is 0.357. The molecule has 0 saturated carbocycles. The molecule has 114 valence electrons. The summed E-state index contributed by atoms with van der Waals surface area (Å²) >= 11 is 1.63. The van der Waals surface area contributed by atoms with Crippen molar-refractivity contribution in [3.8, 4) is 0 Å². The maximum Gasteiger partial charge on any atom is 0.416 e. The Morgan fingerprint density at radius 1 is 1.19 bits per heavy atom. The number of carbonyl (C=O) groups is 1. The van der Waals surface area contributed by atoms with Gasteiger partial charge in [-0.2, -0.15) is 24.9 Å². The molecule has 1 saturated heterocycles. The fourth-order valence-electron chi connectivity index (χ4n) is 1.94. The van der Waals surface area contributed by atoms with Crippen LogP contribution in [0.2, 0.25) is 0 Å². The molecule has 0 atom stereocenters. The summed E-state index contributed by atoms with van der Waals surface area (Å²) < 4.78 is 36.3. The topological polar surface area (TPSA) is 40.1 Å². The second-order valence-electron chi connectivity index (χ2n) is 4.74. The van der Waals surface area contributed by atoms with E-state index in [2.05, 4.69) is 0 Å². The highest BCUT2D eigenvalue weighted by atomic mass is 32.2. The van der Waals surface area contributed by atoms with Gasteiger partial charge in [-0.25, -0.2) is 4.79 Å². The lowest BCUT2D eigenvalue weighted by molar-refractivity contribution is -0.797. The molecule has 0 bridgehead atoms.